The first-order valence-electron chi connectivity index (χ1n) is 12.9. The van der Waals surface area contributed by atoms with Gasteiger partial charge in [-0.2, -0.15) is 0 Å². The minimum atomic E-state index is -0.740. The van der Waals surface area contributed by atoms with Gasteiger partial charge in [-0.1, -0.05) is 6.92 Å². The van der Waals surface area contributed by atoms with E-state index in [2.05, 4.69) is 31.0 Å². The minimum Gasteiger partial charge on any atom is -0.462 e. The lowest BCUT2D eigenvalue weighted by Crippen LogP contribution is -2.49. The maximum Gasteiger partial charge on any atom is 0.351 e. The van der Waals surface area contributed by atoms with E-state index in [4.69, 9.17) is 9.15 Å². The Hall–Kier alpha value is -3.95. The predicted molar refractivity (Wildman–Crippen MR) is 141 cm³/mol. The Bertz CT molecular complexity index is 1360. The molecule has 2 aliphatic rings. The molecule has 202 valence electrons. The minimum absolute atomic E-state index is 0.124. The third-order valence-electron chi connectivity index (χ3n) is 7.08. The smallest absolute Gasteiger partial charge is 0.351 e. The number of nitrogens with zero attached hydrogens (tertiary/aromatic N) is 2. The molecule has 0 spiro atoms. The first-order chi connectivity index (χ1) is 18.0. The number of esters is 1. The van der Waals surface area contributed by atoms with E-state index < -0.39 is 11.6 Å². The van der Waals surface area contributed by atoms with Crippen molar-refractivity contribution in [2.24, 2.45) is 0 Å². The molecule has 10 nitrogen and oxygen atoms in total. The molecule has 3 amide bonds. The zero-order valence-electron chi connectivity index (χ0n) is 22.2. The lowest BCUT2D eigenvalue weighted by Gasteiger charge is -2.47. The fourth-order valence-corrected chi connectivity index (χ4v) is 5.32. The number of carbonyl (C=O) groups is 4. The van der Waals surface area contributed by atoms with Crippen LogP contribution in [0.1, 0.15) is 68.8 Å². The summed E-state index contributed by atoms with van der Waals surface area (Å²) < 4.78 is 10.5. The highest BCUT2D eigenvalue weighted by Gasteiger charge is 2.36. The van der Waals surface area contributed by atoms with Crippen LogP contribution in [0.5, 0.6) is 0 Å². The fraction of sp³-hybridized carbons (Fsp3) is 0.464. The zero-order chi connectivity index (χ0) is 27.6. The average molecular weight is 524 g/mol. The number of ether oxygens (including phenoxy) is 1. The molecule has 4 rings (SSSR count). The second kappa shape index (κ2) is 10.8. The van der Waals surface area contributed by atoms with E-state index in [1.165, 1.54) is 18.2 Å². The molecule has 0 unspecified atom stereocenters. The van der Waals surface area contributed by atoms with Crippen molar-refractivity contribution in [1.82, 2.24) is 10.2 Å². The lowest BCUT2D eigenvalue weighted by molar-refractivity contribution is -0.137. The van der Waals surface area contributed by atoms with E-state index in [9.17, 15) is 24.0 Å². The van der Waals surface area contributed by atoms with Crippen molar-refractivity contribution in [3.63, 3.8) is 0 Å². The maximum atomic E-state index is 12.5. The molecule has 1 aromatic carbocycles. The van der Waals surface area contributed by atoms with Crippen LogP contribution in [0.25, 0.3) is 11.0 Å². The van der Waals surface area contributed by atoms with E-state index in [1.54, 1.807) is 6.92 Å². The summed E-state index contributed by atoms with van der Waals surface area (Å²) in [7, 11) is 0. The van der Waals surface area contributed by atoms with Crippen LogP contribution in [0, 0.1) is 0 Å². The van der Waals surface area contributed by atoms with Crippen molar-refractivity contribution in [1.29, 1.82) is 0 Å². The van der Waals surface area contributed by atoms with Crippen molar-refractivity contribution in [2.45, 2.75) is 58.4 Å². The van der Waals surface area contributed by atoms with Crippen molar-refractivity contribution in [3.8, 4) is 0 Å². The normalized spacial score (nSPS) is 18.2. The van der Waals surface area contributed by atoms with Gasteiger partial charge in [-0.3, -0.25) is 19.3 Å². The predicted octanol–water partition coefficient (Wildman–Crippen LogP) is 2.88. The molecule has 0 aliphatic carbocycles. The highest BCUT2D eigenvalue weighted by Crippen LogP contribution is 2.45. The molecule has 0 radical (unpaired) electrons. The molecule has 2 aliphatic heterocycles. The average Bonchev–Trinajstić information content (AvgIpc) is 3.16. The van der Waals surface area contributed by atoms with Crippen LogP contribution in [-0.4, -0.2) is 60.4 Å². The fourth-order valence-electron chi connectivity index (χ4n) is 5.32. The summed E-state index contributed by atoms with van der Waals surface area (Å²) in [5.74, 6) is -1.37. The Balaban J connectivity index is 1.46. The molecular formula is C28H33N3O7. The number of anilines is 1. The Morgan fingerprint density at radius 3 is 2.50 bits per heavy atom. The van der Waals surface area contributed by atoms with Gasteiger partial charge in [0.25, 0.3) is 11.8 Å². The summed E-state index contributed by atoms with van der Waals surface area (Å²) in [4.78, 5) is 63.6. The number of amides is 3. The number of nitrogens with one attached hydrogen (secondary N) is 1. The maximum absolute atomic E-state index is 12.5. The van der Waals surface area contributed by atoms with Crippen molar-refractivity contribution < 1.29 is 28.3 Å². The second-order valence-electron chi connectivity index (χ2n) is 10.3. The molecule has 0 bridgehead atoms. The number of hydrogen-bond donors (Lipinski definition) is 1. The van der Waals surface area contributed by atoms with E-state index in [0.717, 1.165) is 22.6 Å². The van der Waals surface area contributed by atoms with Gasteiger partial charge < -0.3 is 19.4 Å². The second-order valence-corrected chi connectivity index (χ2v) is 10.3. The quantitative estimate of drug-likeness (QED) is 0.302. The summed E-state index contributed by atoms with van der Waals surface area (Å²) in [5, 5.41) is 3.43. The molecule has 0 saturated heterocycles. The highest BCUT2D eigenvalue weighted by atomic mass is 16.5. The van der Waals surface area contributed by atoms with Crippen molar-refractivity contribution in [3.05, 3.63) is 51.9 Å². The van der Waals surface area contributed by atoms with Crippen LogP contribution < -0.4 is 15.8 Å². The van der Waals surface area contributed by atoms with Crippen molar-refractivity contribution in [2.75, 3.05) is 31.1 Å². The van der Waals surface area contributed by atoms with Crippen LogP contribution in [-0.2, 0) is 19.1 Å². The topological polar surface area (TPSA) is 126 Å². The van der Waals surface area contributed by atoms with Crippen LogP contribution in [0.4, 0.5) is 5.69 Å². The van der Waals surface area contributed by atoms with Gasteiger partial charge in [0.1, 0.15) is 11.1 Å². The van der Waals surface area contributed by atoms with Crippen LogP contribution >= 0.6 is 0 Å². The molecule has 1 atom stereocenters. The van der Waals surface area contributed by atoms with Gasteiger partial charge in [0.05, 0.1) is 6.61 Å². The van der Waals surface area contributed by atoms with E-state index in [1.807, 2.05) is 12.1 Å². The standard InChI is InChI=1S/C28H33N3O7/c1-5-37-26(35)20-14-18-13-19-17(2)16-28(3,4)31(21(19)15-22(18)38-27(20)36)11-6-7-23(32)29-10-12-30-24(33)8-9-25(30)34/h8-9,13-15,17H,5-7,10-12,16H2,1-4H3,(H,29,32)/t17-/m1/s1. The first-order valence-corrected chi connectivity index (χ1v) is 12.9. The van der Waals surface area contributed by atoms with Gasteiger partial charge in [0.15, 0.2) is 0 Å². The summed E-state index contributed by atoms with van der Waals surface area (Å²) in [6, 6.07) is 5.34. The van der Waals surface area contributed by atoms with Gasteiger partial charge in [0.2, 0.25) is 5.91 Å². The van der Waals surface area contributed by atoms with Gasteiger partial charge in [-0.25, -0.2) is 9.59 Å². The highest BCUT2D eigenvalue weighted by molar-refractivity contribution is 6.12. The summed E-state index contributed by atoms with van der Waals surface area (Å²) in [5.41, 5.74) is 1.34. The third-order valence-corrected chi connectivity index (χ3v) is 7.08. The molecule has 2 aromatic rings. The summed E-state index contributed by atoms with van der Waals surface area (Å²) in [6.45, 7) is 9.22. The van der Waals surface area contributed by atoms with Crippen molar-refractivity contribution >= 4 is 40.3 Å². The Labute approximate surface area is 220 Å². The first kappa shape index (κ1) is 27.1. The lowest BCUT2D eigenvalue weighted by atomic mass is 9.79. The van der Waals surface area contributed by atoms with Crippen LogP contribution in [0.3, 0.4) is 0 Å². The third kappa shape index (κ3) is 5.49. The molecule has 0 fully saturated rings. The van der Waals surface area contributed by atoms with Gasteiger partial charge in [-0.05, 0) is 57.2 Å². The molecule has 1 aromatic heterocycles. The Morgan fingerprint density at radius 1 is 1.11 bits per heavy atom. The van der Waals surface area contributed by atoms with E-state index >= 15 is 0 Å². The Kier molecular flexibility index (Phi) is 7.71. The van der Waals surface area contributed by atoms with Gasteiger partial charge >= 0.3 is 11.6 Å². The molecule has 10 heteroatoms. The summed E-state index contributed by atoms with van der Waals surface area (Å²) >= 11 is 0. The number of fused-ring (bicyclic) bond motifs is 2. The number of carbonyl (C=O) groups excluding carboxylic acids is 4. The van der Waals surface area contributed by atoms with Crippen LogP contribution in [0.15, 0.2) is 39.6 Å². The van der Waals surface area contributed by atoms with E-state index in [-0.39, 0.29) is 60.9 Å². The summed E-state index contributed by atoms with van der Waals surface area (Å²) in [6.07, 6.45) is 4.18. The van der Waals surface area contributed by atoms with Gasteiger partial charge in [-0.15, -0.1) is 0 Å². The molecule has 1 N–H and O–H groups in total. The van der Waals surface area contributed by atoms with E-state index in [0.29, 0.717) is 23.9 Å². The largest absolute Gasteiger partial charge is 0.462 e. The number of benzene rings is 1. The SMILES string of the molecule is CCOC(=O)c1cc2cc3c(cc2oc1=O)N(CCCC(=O)NCCN1C(=O)C=CC1=O)C(C)(C)C[C@H]3C. The van der Waals surface area contributed by atoms with Crippen LogP contribution in [0.2, 0.25) is 0 Å². The monoisotopic (exact) mass is 523 g/mol. The van der Waals surface area contributed by atoms with Gasteiger partial charge in [0, 0.05) is 60.9 Å². The Morgan fingerprint density at radius 2 is 1.82 bits per heavy atom. The number of imide groups is 1. The number of rotatable bonds is 9. The molecule has 38 heavy (non-hydrogen) atoms. The molecular weight excluding hydrogens is 490 g/mol. The molecule has 0 saturated carbocycles. The molecule has 3 heterocycles. The number of hydrogen-bond acceptors (Lipinski definition) is 8. The zero-order valence-corrected chi connectivity index (χ0v) is 22.2.